The second-order valence-corrected chi connectivity index (χ2v) is 7.69. The Hall–Kier alpha value is -2.34. The Morgan fingerprint density at radius 3 is 2.59 bits per heavy atom. The molecule has 1 aromatic heterocycles. The van der Waals surface area contributed by atoms with Crippen LogP contribution in [0.25, 0.3) is 0 Å². The number of aromatic nitrogens is 1. The zero-order valence-corrected chi connectivity index (χ0v) is 17.1. The van der Waals surface area contributed by atoms with E-state index in [1.165, 1.54) is 21.1 Å². The van der Waals surface area contributed by atoms with Crippen molar-refractivity contribution in [1.29, 1.82) is 0 Å². The van der Waals surface area contributed by atoms with Gasteiger partial charge < -0.3 is 15.5 Å². The van der Waals surface area contributed by atoms with Gasteiger partial charge >= 0.3 is 0 Å². The Kier molecular flexibility index (Phi) is 7.27. The van der Waals surface area contributed by atoms with Gasteiger partial charge in [0.1, 0.15) is 0 Å². The van der Waals surface area contributed by atoms with E-state index in [1.807, 2.05) is 6.20 Å². The fourth-order valence-corrected chi connectivity index (χ4v) is 3.79. The van der Waals surface area contributed by atoms with Gasteiger partial charge in [0, 0.05) is 49.4 Å². The van der Waals surface area contributed by atoms with Crippen molar-refractivity contribution in [1.82, 2.24) is 15.6 Å². The lowest BCUT2D eigenvalue weighted by Gasteiger charge is -2.17. The fourth-order valence-electron chi connectivity index (χ4n) is 2.93. The first-order valence-corrected chi connectivity index (χ1v) is 10.5. The summed E-state index contributed by atoms with van der Waals surface area (Å²) >= 11 is 1.80. The number of benzene rings is 1. The summed E-state index contributed by atoms with van der Waals surface area (Å²) in [7, 11) is 0. The van der Waals surface area contributed by atoms with E-state index in [0.717, 1.165) is 45.0 Å². The molecule has 0 unspecified atom stereocenters. The summed E-state index contributed by atoms with van der Waals surface area (Å²) in [5.41, 5.74) is 2.49. The standard InChI is InChI=1S/C21H29N5S/c1-3-19-16-24-20(27-19)11-12-23-21(22-4-2)25-15-17-7-9-18(10-8-17)26-13-5-6-14-26/h5-10,16H,3-4,11-15H2,1-2H3,(H2,22,23,25). The van der Waals surface area contributed by atoms with Crippen molar-refractivity contribution in [2.45, 2.75) is 33.2 Å². The van der Waals surface area contributed by atoms with Gasteiger partial charge in [-0.05, 0) is 31.0 Å². The van der Waals surface area contributed by atoms with Crippen LogP contribution in [0.3, 0.4) is 0 Å². The summed E-state index contributed by atoms with van der Waals surface area (Å²) in [6, 6.07) is 8.71. The molecule has 0 amide bonds. The highest BCUT2D eigenvalue weighted by Gasteiger charge is 2.07. The molecule has 0 spiro atoms. The third-order valence-electron chi connectivity index (χ3n) is 4.46. The Morgan fingerprint density at radius 2 is 1.93 bits per heavy atom. The number of nitrogens with zero attached hydrogens (tertiary/aromatic N) is 3. The van der Waals surface area contributed by atoms with Crippen LogP contribution in [-0.2, 0) is 19.4 Å². The topological polar surface area (TPSA) is 52.6 Å². The van der Waals surface area contributed by atoms with E-state index in [9.17, 15) is 0 Å². The Balaban J connectivity index is 1.50. The average Bonchev–Trinajstić information content (AvgIpc) is 3.38. The van der Waals surface area contributed by atoms with Crippen molar-refractivity contribution in [2.24, 2.45) is 4.99 Å². The molecule has 6 heteroatoms. The molecule has 0 radical (unpaired) electrons. The normalized spacial score (nSPS) is 14.0. The zero-order chi connectivity index (χ0) is 18.9. The van der Waals surface area contributed by atoms with Crippen LogP contribution < -0.4 is 15.5 Å². The number of aryl methyl sites for hydroxylation is 1. The van der Waals surface area contributed by atoms with Crippen molar-refractivity contribution >= 4 is 23.0 Å². The largest absolute Gasteiger partial charge is 0.364 e. The van der Waals surface area contributed by atoms with Crippen molar-refractivity contribution in [2.75, 3.05) is 31.1 Å². The summed E-state index contributed by atoms with van der Waals surface area (Å²) in [5, 5.41) is 7.91. The molecule has 0 saturated carbocycles. The maximum absolute atomic E-state index is 4.71. The average molecular weight is 384 g/mol. The minimum Gasteiger partial charge on any atom is -0.364 e. The molecular formula is C21H29N5S. The van der Waals surface area contributed by atoms with Gasteiger partial charge in [0.05, 0.1) is 11.6 Å². The van der Waals surface area contributed by atoms with Crippen LogP contribution in [0.2, 0.25) is 0 Å². The predicted octanol–water partition coefficient (Wildman–Crippen LogP) is 3.38. The second kappa shape index (κ2) is 10.1. The minimum atomic E-state index is 0.672. The molecule has 5 nitrogen and oxygen atoms in total. The van der Waals surface area contributed by atoms with Crippen molar-refractivity contribution < 1.29 is 0 Å². The van der Waals surface area contributed by atoms with Gasteiger partial charge in [-0.3, -0.25) is 0 Å². The van der Waals surface area contributed by atoms with E-state index in [0.29, 0.717) is 6.54 Å². The van der Waals surface area contributed by atoms with Crippen LogP contribution in [0, 0.1) is 0 Å². The molecule has 1 aromatic carbocycles. The number of hydrogen-bond acceptors (Lipinski definition) is 4. The van der Waals surface area contributed by atoms with Gasteiger partial charge in [0.2, 0.25) is 0 Å². The number of hydrogen-bond donors (Lipinski definition) is 2. The lowest BCUT2D eigenvalue weighted by atomic mass is 10.2. The Morgan fingerprint density at radius 1 is 1.15 bits per heavy atom. The lowest BCUT2D eigenvalue weighted by molar-refractivity contribution is 0.796. The molecule has 2 N–H and O–H groups in total. The highest BCUT2D eigenvalue weighted by Crippen LogP contribution is 2.18. The molecule has 2 aromatic rings. The molecule has 0 fully saturated rings. The maximum atomic E-state index is 4.71. The van der Waals surface area contributed by atoms with E-state index in [-0.39, 0.29) is 0 Å². The summed E-state index contributed by atoms with van der Waals surface area (Å²) < 4.78 is 0. The molecule has 0 atom stereocenters. The molecule has 0 bridgehead atoms. The van der Waals surface area contributed by atoms with Gasteiger partial charge in [-0.1, -0.05) is 31.2 Å². The smallest absolute Gasteiger partial charge is 0.191 e. The number of aliphatic imine (C=N–C) groups is 1. The maximum Gasteiger partial charge on any atom is 0.191 e. The number of nitrogens with one attached hydrogen (secondary N) is 2. The van der Waals surface area contributed by atoms with Crippen molar-refractivity contribution in [3.05, 3.63) is 58.1 Å². The molecule has 0 saturated heterocycles. The molecule has 27 heavy (non-hydrogen) atoms. The van der Waals surface area contributed by atoms with Gasteiger partial charge in [-0.25, -0.2) is 9.98 Å². The fraction of sp³-hybridized carbons (Fsp3) is 0.429. The van der Waals surface area contributed by atoms with Gasteiger partial charge in [-0.2, -0.15) is 0 Å². The third-order valence-corrected chi connectivity index (χ3v) is 5.67. The Labute approximate surface area is 166 Å². The highest BCUT2D eigenvalue weighted by atomic mass is 32.1. The summed E-state index contributed by atoms with van der Waals surface area (Å²) in [5.74, 6) is 0.859. The molecule has 1 aliphatic heterocycles. The first-order valence-electron chi connectivity index (χ1n) is 9.73. The molecule has 0 aliphatic carbocycles. The summed E-state index contributed by atoms with van der Waals surface area (Å²) in [6.45, 7) is 8.62. The van der Waals surface area contributed by atoms with Crippen LogP contribution in [-0.4, -0.2) is 37.1 Å². The van der Waals surface area contributed by atoms with Gasteiger partial charge in [0.25, 0.3) is 0 Å². The highest BCUT2D eigenvalue weighted by molar-refractivity contribution is 7.11. The third kappa shape index (κ3) is 5.82. The van der Waals surface area contributed by atoms with Crippen LogP contribution in [0.4, 0.5) is 5.69 Å². The molecule has 2 heterocycles. The first kappa shape index (κ1) is 19.4. The first-order chi connectivity index (χ1) is 13.3. The number of rotatable bonds is 8. The lowest BCUT2D eigenvalue weighted by Crippen LogP contribution is -2.38. The number of anilines is 1. The Bertz CT molecular complexity index is 755. The SMILES string of the molecule is CCNC(=NCc1ccc(N2CC=CC2)cc1)NCCc1ncc(CC)s1. The number of thiazole rings is 1. The van der Waals surface area contributed by atoms with E-state index >= 15 is 0 Å². The van der Waals surface area contributed by atoms with Crippen molar-refractivity contribution in [3.8, 4) is 0 Å². The van der Waals surface area contributed by atoms with Gasteiger partial charge in [0.15, 0.2) is 5.96 Å². The quantitative estimate of drug-likeness (QED) is 0.417. The summed E-state index contributed by atoms with van der Waals surface area (Å²) in [4.78, 5) is 12.9. The van der Waals surface area contributed by atoms with Crippen LogP contribution in [0.5, 0.6) is 0 Å². The van der Waals surface area contributed by atoms with E-state index in [4.69, 9.17) is 4.99 Å². The van der Waals surface area contributed by atoms with Crippen molar-refractivity contribution in [3.63, 3.8) is 0 Å². The number of guanidine groups is 1. The van der Waals surface area contributed by atoms with E-state index in [2.05, 4.69) is 70.8 Å². The molecule has 1 aliphatic rings. The van der Waals surface area contributed by atoms with Crippen LogP contribution >= 0.6 is 11.3 Å². The molecule has 3 rings (SSSR count). The second-order valence-electron chi connectivity index (χ2n) is 6.49. The van der Waals surface area contributed by atoms with E-state index < -0.39 is 0 Å². The summed E-state index contributed by atoms with van der Waals surface area (Å²) in [6.07, 6.45) is 8.39. The minimum absolute atomic E-state index is 0.672. The zero-order valence-electron chi connectivity index (χ0n) is 16.2. The molecule has 144 valence electrons. The van der Waals surface area contributed by atoms with E-state index in [1.54, 1.807) is 11.3 Å². The predicted molar refractivity (Wildman–Crippen MR) is 116 cm³/mol. The monoisotopic (exact) mass is 383 g/mol. The molecular weight excluding hydrogens is 354 g/mol. The van der Waals surface area contributed by atoms with Gasteiger partial charge in [-0.15, -0.1) is 11.3 Å². The van der Waals surface area contributed by atoms with Crippen LogP contribution in [0.15, 0.2) is 47.6 Å². The van der Waals surface area contributed by atoms with Crippen LogP contribution in [0.1, 0.15) is 29.3 Å².